The molecule has 1 aliphatic carbocycles. The number of ether oxygens (including phenoxy) is 1. The van der Waals surface area contributed by atoms with E-state index in [0.29, 0.717) is 83.5 Å². The lowest BCUT2D eigenvalue weighted by molar-refractivity contribution is 0.0695. The Labute approximate surface area is 721 Å². The summed E-state index contributed by atoms with van der Waals surface area (Å²) in [5.41, 5.74) is 17.9. The van der Waals surface area contributed by atoms with Gasteiger partial charge in [-0.05, 0) is 177 Å². The number of aryl methyl sites for hydroxylation is 4. The normalized spacial score (nSPS) is 12.2. The first kappa shape index (κ1) is 89.1. The molecule has 1 aliphatic rings. The van der Waals surface area contributed by atoms with Gasteiger partial charge in [-0.3, -0.25) is 19.2 Å². The number of carbonyl (C=O) groups excluding carboxylic acids is 4. The molecule has 125 heavy (non-hydrogen) atoms. The lowest BCUT2D eigenvalue weighted by Gasteiger charge is -2.15. The van der Waals surface area contributed by atoms with E-state index in [0.717, 1.165) is 161 Å². The highest BCUT2D eigenvalue weighted by molar-refractivity contribution is 6.10. The first-order valence-electron chi connectivity index (χ1n) is 41.9. The van der Waals surface area contributed by atoms with E-state index < -0.39 is 29.2 Å². The fourth-order valence-electron chi connectivity index (χ4n) is 16.7. The summed E-state index contributed by atoms with van der Waals surface area (Å²) in [5.74, 6) is -1.38. The molecule has 9 heterocycles. The number of aldehydes is 2. The number of fused-ring (bicyclic) bond motifs is 5. The molecule has 7 aromatic carbocycles. The minimum atomic E-state index is -0.943. The van der Waals surface area contributed by atoms with Crippen molar-refractivity contribution >= 4 is 84.9 Å². The number of halogens is 4. The molecular formula is C99H103F4N11O11. The number of hydrogen-bond donors (Lipinski definition) is 4. The van der Waals surface area contributed by atoms with Crippen molar-refractivity contribution in [3.05, 3.63) is 314 Å². The van der Waals surface area contributed by atoms with E-state index >= 15 is 0 Å². The molecular weight excluding hydrogens is 1600 g/mol. The number of hydrogen-bond acceptors (Lipinski definition) is 14. The summed E-state index contributed by atoms with van der Waals surface area (Å²) < 4.78 is 89.9. The lowest BCUT2D eigenvalue weighted by Crippen LogP contribution is -2.24. The molecule has 9 aromatic heterocycles. The fourth-order valence-corrected chi connectivity index (χ4v) is 16.7. The first-order chi connectivity index (χ1) is 60.0. The van der Waals surface area contributed by atoms with E-state index in [1.807, 2.05) is 139 Å². The van der Waals surface area contributed by atoms with Gasteiger partial charge < -0.3 is 61.4 Å². The molecule has 4 N–H and O–H groups in total. The number of aromatic carboxylic acids is 1. The van der Waals surface area contributed by atoms with Crippen LogP contribution < -0.4 is 15.4 Å². The van der Waals surface area contributed by atoms with Gasteiger partial charge in [0.1, 0.15) is 30.8 Å². The molecule has 0 radical (unpaired) electrons. The third kappa shape index (κ3) is 20.0. The van der Waals surface area contributed by atoms with Crippen LogP contribution in [0.2, 0.25) is 0 Å². The molecule has 0 atom stereocenters. The standard InChI is InChI=1S/C28H29F2N3O3.C24H23F2N3O2.C17H18N2O3.C17H18N2O2.C13H15NO/c1-17(2)27-26(28(34)32-15-18-7-10-22(29)23(30)13-18)21-9-8-20(36-19-5-3-4-6-19)14-24(21)33(27)16-25-31-11-12-35-25;1-14(2)23-22(24(30)28-12-16-5-7-18(25)19(26)11-16)17-6-4-15(3)10-20(17)29(23)13-21-27-8-9-31-21;1-10(2)16-15(17(20)21)12-5-4-11(3)8-13(12)19(16)9-14-18-6-7-22-14;1-11(2)17-14(10-20)13-5-4-12(3)8-15(13)19(17)9-16-18-6-7-21-16;1-8(2)13-11(7-15)10-5-4-9(3)6-12(10)14-13/h7-14,17,19H,3-6,15-16H2,1-2H3,(H,32,34);4-11,14H,12-13H2,1-3H3,(H,28,30);4-8,10H,9H2,1-3H3,(H,20,21);4-8,10-11H,9H2,1-3H3;4-8,14H,1-3H3. The lowest BCUT2D eigenvalue weighted by atomic mass is 10.0. The van der Waals surface area contributed by atoms with Crippen molar-refractivity contribution < 1.29 is 69.0 Å². The first-order valence-corrected chi connectivity index (χ1v) is 41.9. The summed E-state index contributed by atoms with van der Waals surface area (Å²) in [7, 11) is 0. The number of nitrogens with zero attached hydrogens (tertiary/aromatic N) is 8. The van der Waals surface area contributed by atoms with Crippen molar-refractivity contribution in [2.45, 2.75) is 198 Å². The van der Waals surface area contributed by atoms with Crippen LogP contribution in [-0.2, 0) is 39.3 Å². The largest absolute Gasteiger partial charge is 0.490 e. The van der Waals surface area contributed by atoms with Crippen molar-refractivity contribution in [1.29, 1.82) is 0 Å². The van der Waals surface area contributed by atoms with E-state index in [4.69, 9.17) is 22.4 Å². The van der Waals surface area contributed by atoms with Crippen LogP contribution in [0.1, 0.15) is 262 Å². The molecule has 1 fully saturated rings. The average Bonchev–Trinajstić information content (AvgIpc) is 1.61. The number of carboxylic acids is 1. The molecule has 26 heteroatoms. The van der Waals surface area contributed by atoms with Crippen LogP contribution in [0.4, 0.5) is 17.6 Å². The van der Waals surface area contributed by atoms with E-state index in [1.54, 1.807) is 31.1 Å². The Morgan fingerprint density at radius 1 is 0.440 bits per heavy atom. The summed E-state index contributed by atoms with van der Waals surface area (Å²) in [5, 5.41) is 19.8. The average molecular weight is 1700 g/mol. The Hall–Kier alpha value is -13.7. The summed E-state index contributed by atoms with van der Waals surface area (Å²) >= 11 is 0. The van der Waals surface area contributed by atoms with Gasteiger partial charge in [0.05, 0.1) is 79.3 Å². The monoisotopic (exact) mass is 1700 g/mol. The van der Waals surface area contributed by atoms with Crippen molar-refractivity contribution in [3.8, 4) is 5.75 Å². The number of carboxylic acid groups (broad SMARTS) is 1. The number of aromatic nitrogens is 9. The molecule has 0 bridgehead atoms. The van der Waals surface area contributed by atoms with Gasteiger partial charge in [-0.2, -0.15) is 0 Å². The summed E-state index contributed by atoms with van der Waals surface area (Å²) in [6, 6.07) is 37.1. The van der Waals surface area contributed by atoms with Gasteiger partial charge in [-0.15, -0.1) is 0 Å². The van der Waals surface area contributed by atoms with Crippen LogP contribution in [0.15, 0.2) is 195 Å². The molecule has 0 unspecified atom stereocenters. The molecule has 16 aromatic rings. The van der Waals surface area contributed by atoms with E-state index in [2.05, 4.69) is 103 Å². The molecule has 0 aliphatic heterocycles. The minimum absolute atomic E-state index is 0.00979. The van der Waals surface area contributed by atoms with Crippen LogP contribution in [0.5, 0.6) is 5.75 Å². The maximum Gasteiger partial charge on any atom is 0.338 e. The summed E-state index contributed by atoms with van der Waals surface area (Å²) in [6.45, 7) is 30.5. The van der Waals surface area contributed by atoms with Crippen LogP contribution >= 0.6 is 0 Å². The molecule has 0 saturated heterocycles. The van der Waals surface area contributed by atoms with Crippen LogP contribution in [0.3, 0.4) is 0 Å². The van der Waals surface area contributed by atoms with Crippen molar-refractivity contribution in [2.24, 2.45) is 0 Å². The maximum absolute atomic E-state index is 13.7. The van der Waals surface area contributed by atoms with Crippen LogP contribution in [0.25, 0.3) is 54.5 Å². The topological polar surface area (TPSA) is 278 Å². The Morgan fingerprint density at radius 2 is 0.800 bits per heavy atom. The number of rotatable bonds is 24. The predicted octanol–water partition coefficient (Wildman–Crippen LogP) is 22.8. The number of amides is 2. The zero-order valence-electron chi connectivity index (χ0n) is 72.6. The second kappa shape index (κ2) is 39.3. The molecule has 0 spiro atoms. The molecule has 2 amide bonds. The second-order valence-corrected chi connectivity index (χ2v) is 33.1. The second-order valence-electron chi connectivity index (χ2n) is 33.1. The van der Waals surface area contributed by atoms with E-state index in [9.17, 15) is 46.6 Å². The number of carbonyl (C=O) groups is 5. The number of H-pyrrole nitrogens is 1. The smallest absolute Gasteiger partial charge is 0.338 e. The van der Waals surface area contributed by atoms with Gasteiger partial charge >= 0.3 is 5.97 Å². The fraction of sp³-hybridized carbons (Fsp3) is 0.303. The number of nitrogens with one attached hydrogen (secondary N) is 3. The van der Waals surface area contributed by atoms with Gasteiger partial charge in [0, 0.05) is 108 Å². The number of oxazole rings is 4. The SMILES string of the molecule is CC(C)c1c(C(=O)NCc2ccc(F)c(F)c2)c2ccc(OC3CCCC3)cc2n1Cc1ncco1.Cc1ccc2c(C(=O)NCc3ccc(F)c(F)c3)c(C(C)C)n(Cc3ncco3)c2c1.Cc1ccc2c(C(=O)O)c(C(C)C)n(Cc3ncco3)c2c1.Cc1ccc2c(C=O)c(C(C)C)[nH]c2c1.Cc1ccc2c(C=O)c(C(C)C)n(Cc3ncco3)c2c1. The summed E-state index contributed by atoms with van der Waals surface area (Å²) in [6.07, 6.45) is 19.1. The highest BCUT2D eigenvalue weighted by Gasteiger charge is 2.31. The van der Waals surface area contributed by atoms with E-state index in [-0.39, 0.29) is 54.7 Å². The zero-order chi connectivity index (χ0) is 89.2. The van der Waals surface area contributed by atoms with Crippen LogP contribution in [0, 0.1) is 51.0 Å². The Kier molecular flexibility index (Phi) is 28.0. The Balaban J connectivity index is 0.000000138. The van der Waals surface area contributed by atoms with E-state index in [1.165, 1.54) is 54.9 Å². The molecule has 22 nitrogen and oxygen atoms in total. The van der Waals surface area contributed by atoms with Crippen molar-refractivity contribution in [1.82, 2.24) is 53.8 Å². The minimum Gasteiger partial charge on any atom is -0.490 e. The van der Waals surface area contributed by atoms with Gasteiger partial charge in [0.2, 0.25) is 23.6 Å². The zero-order valence-corrected chi connectivity index (χ0v) is 72.6. The van der Waals surface area contributed by atoms with Gasteiger partial charge in [0.15, 0.2) is 35.8 Å². The van der Waals surface area contributed by atoms with Gasteiger partial charge in [-0.1, -0.05) is 130 Å². The highest BCUT2D eigenvalue weighted by Crippen LogP contribution is 2.39. The highest BCUT2D eigenvalue weighted by atomic mass is 19.2. The Bertz CT molecular complexity index is 6520. The van der Waals surface area contributed by atoms with Crippen molar-refractivity contribution in [2.75, 3.05) is 0 Å². The maximum atomic E-state index is 13.7. The third-order valence-electron chi connectivity index (χ3n) is 22.2. The predicted molar refractivity (Wildman–Crippen MR) is 474 cm³/mol. The number of benzene rings is 7. The van der Waals surface area contributed by atoms with Crippen molar-refractivity contribution in [3.63, 3.8) is 0 Å². The summed E-state index contributed by atoms with van der Waals surface area (Å²) in [4.78, 5) is 81.5. The third-order valence-corrected chi connectivity index (χ3v) is 22.2. The van der Waals surface area contributed by atoms with Crippen LogP contribution in [-0.4, -0.2) is 84.8 Å². The Morgan fingerprint density at radius 3 is 1.18 bits per heavy atom. The molecule has 17 rings (SSSR count). The quantitative estimate of drug-likeness (QED) is 0.0323. The van der Waals surface area contributed by atoms with Gasteiger partial charge in [-0.25, -0.2) is 42.3 Å². The number of aromatic amines is 1. The van der Waals surface area contributed by atoms with Gasteiger partial charge in [0.25, 0.3) is 11.8 Å². The molecule has 1 saturated carbocycles. The molecule has 648 valence electrons.